The number of carboxylic acids is 1. The molecule has 2 aromatic rings. The van der Waals surface area contributed by atoms with Crippen molar-refractivity contribution in [1.82, 2.24) is 5.32 Å². The van der Waals surface area contributed by atoms with Gasteiger partial charge in [0, 0.05) is 16.6 Å². The maximum atomic E-state index is 13.1. The first-order chi connectivity index (χ1) is 12.3. The monoisotopic (exact) mass is 379 g/mol. The average molecular weight is 379 g/mol. The number of thioether (sulfide) groups is 1. The lowest BCUT2D eigenvalue weighted by molar-refractivity contribution is -0.137. The minimum absolute atomic E-state index is 0.296. The summed E-state index contributed by atoms with van der Waals surface area (Å²) in [6.45, 7) is 1.73. The molecule has 7 heteroatoms. The molecule has 0 radical (unpaired) electrons. The van der Waals surface area contributed by atoms with Crippen LogP contribution < -0.4 is 5.32 Å². The zero-order valence-corrected chi connectivity index (χ0v) is 14.9. The Bertz CT molecular complexity index is 750. The Balaban J connectivity index is 1.97. The predicted octanol–water partition coefficient (Wildman–Crippen LogP) is 4.03. The maximum absolute atomic E-state index is 13.1. The fourth-order valence-corrected chi connectivity index (χ4v) is 3.19. The van der Waals surface area contributed by atoms with Gasteiger partial charge in [0.05, 0.1) is 12.5 Å². The van der Waals surface area contributed by atoms with Crippen molar-refractivity contribution in [3.05, 3.63) is 65.7 Å². The highest BCUT2D eigenvalue weighted by atomic mass is 32.2. The van der Waals surface area contributed by atoms with Crippen molar-refractivity contribution in [2.24, 2.45) is 5.92 Å². The second-order valence-electron chi connectivity index (χ2n) is 5.88. The van der Waals surface area contributed by atoms with Crippen molar-refractivity contribution in [3.8, 4) is 0 Å². The van der Waals surface area contributed by atoms with Crippen LogP contribution in [0.1, 0.15) is 24.9 Å². The summed E-state index contributed by atoms with van der Waals surface area (Å²) in [5, 5.41) is 11.8. The lowest BCUT2D eigenvalue weighted by atomic mass is 10.0. The molecular weight excluding hydrogens is 360 g/mol. The van der Waals surface area contributed by atoms with E-state index >= 15 is 0 Å². The number of benzene rings is 2. The van der Waals surface area contributed by atoms with Gasteiger partial charge in [0.15, 0.2) is 0 Å². The summed E-state index contributed by atoms with van der Waals surface area (Å²) in [7, 11) is 0. The van der Waals surface area contributed by atoms with Crippen molar-refractivity contribution in [3.63, 3.8) is 0 Å². The molecular formula is C19H19F2NO3S. The third kappa shape index (κ3) is 6.15. The van der Waals surface area contributed by atoms with Gasteiger partial charge in [-0.3, -0.25) is 9.59 Å². The van der Waals surface area contributed by atoms with E-state index in [1.807, 2.05) is 0 Å². The first-order valence-electron chi connectivity index (χ1n) is 8.01. The number of aliphatic carboxylic acids is 1. The van der Waals surface area contributed by atoms with Crippen molar-refractivity contribution >= 4 is 23.6 Å². The molecule has 138 valence electrons. The van der Waals surface area contributed by atoms with Crippen LogP contribution in [0.5, 0.6) is 0 Å². The Morgan fingerprint density at radius 1 is 1.04 bits per heavy atom. The molecule has 0 bridgehead atoms. The highest BCUT2D eigenvalue weighted by Crippen LogP contribution is 2.23. The molecule has 0 heterocycles. The van der Waals surface area contributed by atoms with E-state index in [1.165, 1.54) is 48.2 Å². The van der Waals surface area contributed by atoms with E-state index < -0.39 is 17.8 Å². The second-order valence-corrected chi connectivity index (χ2v) is 6.97. The number of amides is 1. The molecule has 4 nitrogen and oxygen atoms in total. The summed E-state index contributed by atoms with van der Waals surface area (Å²) >= 11 is 1.41. The summed E-state index contributed by atoms with van der Waals surface area (Å²) in [6, 6.07) is 10.6. The number of carbonyl (C=O) groups excluding carboxylic acids is 1. The average Bonchev–Trinajstić information content (AvgIpc) is 2.60. The lowest BCUT2D eigenvalue weighted by Crippen LogP contribution is -2.35. The number of rotatable bonds is 8. The number of hydrogen-bond acceptors (Lipinski definition) is 3. The van der Waals surface area contributed by atoms with Crippen LogP contribution >= 0.6 is 11.8 Å². The second kappa shape index (κ2) is 9.33. The lowest BCUT2D eigenvalue weighted by Gasteiger charge is -2.20. The summed E-state index contributed by atoms with van der Waals surface area (Å²) < 4.78 is 26.0. The molecule has 0 aromatic heterocycles. The third-order valence-electron chi connectivity index (χ3n) is 3.73. The zero-order chi connectivity index (χ0) is 19.1. The first-order valence-corrected chi connectivity index (χ1v) is 8.99. The molecule has 0 aliphatic rings. The van der Waals surface area contributed by atoms with Gasteiger partial charge in [-0.25, -0.2) is 8.78 Å². The van der Waals surface area contributed by atoms with Gasteiger partial charge >= 0.3 is 5.97 Å². The van der Waals surface area contributed by atoms with Gasteiger partial charge in [-0.2, -0.15) is 0 Å². The highest BCUT2D eigenvalue weighted by molar-refractivity contribution is 7.99. The van der Waals surface area contributed by atoms with E-state index in [0.29, 0.717) is 11.3 Å². The third-order valence-corrected chi connectivity index (χ3v) is 5.00. The molecule has 0 fully saturated rings. The van der Waals surface area contributed by atoms with Gasteiger partial charge in [-0.15, -0.1) is 11.8 Å². The van der Waals surface area contributed by atoms with Crippen LogP contribution in [0.3, 0.4) is 0 Å². The Kier molecular flexibility index (Phi) is 7.15. The summed E-state index contributed by atoms with van der Waals surface area (Å²) in [6.07, 6.45) is -0.296. The van der Waals surface area contributed by atoms with E-state index in [0.717, 1.165) is 4.90 Å². The zero-order valence-electron chi connectivity index (χ0n) is 14.1. The van der Waals surface area contributed by atoms with Gasteiger partial charge in [0.2, 0.25) is 5.91 Å². The van der Waals surface area contributed by atoms with Crippen LogP contribution in [0.2, 0.25) is 0 Å². The molecule has 2 N–H and O–H groups in total. The Morgan fingerprint density at radius 3 is 2.12 bits per heavy atom. The minimum Gasteiger partial charge on any atom is -0.481 e. The van der Waals surface area contributed by atoms with Gasteiger partial charge in [0.1, 0.15) is 11.6 Å². The van der Waals surface area contributed by atoms with Gasteiger partial charge in [-0.05, 0) is 42.0 Å². The molecule has 2 unspecified atom stereocenters. The summed E-state index contributed by atoms with van der Waals surface area (Å²) in [5.74, 6) is -2.04. The summed E-state index contributed by atoms with van der Waals surface area (Å²) in [4.78, 5) is 24.3. The minimum atomic E-state index is -1.06. The molecule has 0 spiro atoms. The quantitative estimate of drug-likeness (QED) is 0.680. The molecule has 1 amide bonds. The summed E-state index contributed by atoms with van der Waals surface area (Å²) in [5.41, 5.74) is 0.528. The van der Waals surface area contributed by atoms with E-state index in [4.69, 9.17) is 5.11 Å². The largest absolute Gasteiger partial charge is 0.481 e. The van der Waals surface area contributed by atoms with Gasteiger partial charge in [-0.1, -0.05) is 19.1 Å². The fraction of sp³-hybridized carbons (Fsp3) is 0.263. The Labute approximate surface area is 154 Å². The molecule has 0 aliphatic heterocycles. The molecule has 0 saturated carbocycles. The molecule has 2 rings (SSSR count). The number of halogens is 2. The van der Waals surface area contributed by atoms with Crippen LogP contribution in [-0.2, 0) is 9.59 Å². The molecule has 2 atom stereocenters. The molecule has 0 saturated heterocycles. The Morgan fingerprint density at radius 2 is 1.58 bits per heavy atom. The topological polar surface area (TPSA) is 66.4 Å². The van der Waals surface area contributed by atoms with Crippen LogP contribution in [0.15, 0.2) is 53.4 Å². The van der Waals surface area contributed by atoms with Crippen molar-refractivity contribution in [1.29, 1.82) is 0 Å². The van der Waals surface area contributed by atoms with Crippen molar-refractivity contribution in [2.45, 2.75) is 24.3 Å². The maximum Gasteiger partial charge on any atom is 0.305 e. The van der Waals surface area contributed by atoms with Crippen molar-refractivity contribution < 1.29 is 23.5 Å². The standard InChI is InChI=1S/C19H19F2NO3S/c1-12(11-26-16-8-6-15(21)7-9-16)19(25)22-17(10-18(23)24)13-2-4-14(20)5-3-13/h2-9,12,17H,10-11H2,1H3,(H,22,25)(H,23,24). The molecule has 0 aliphatic carbocycles. The predicted molar refractivity (Wildman–Crippen MR) is 95.8 cm³/mol. The van der Waals surface area contributed by atoms with Crippen LogP contribution in [-0.4, -0.2) is 22.7 Å². The van der Waals surface area contributed by atoms with Crippen LogP contribution in [0.4, 0.5) is 8.78 Å². The number of nitrogens with one attached hydrogen (secondary N) is 1. The van der Waals surface area contributed by atoms with Gasteiger partial charge < -0.3 is 10.4 Å². The Hall–Kier alpha value is -2.41. The normalized spacial score (nSPS) is 13.0. The highest BCUT2D eigenvalue weighted by Gasteiger charge is 2.21. The van der Waals surface area contributed by atoms with E-state index in [-0.39, 0.29) is 24.1 Å². The van der Waals surface area contributed by atoms with Crippen LogP contribution in [0, 0.1) is 17.6 Å². The van der Waals surface area contributed by atoms with Gasteiger partial charge in [0.25, 0.3) is 0 Å². The van der Waals surface area contributed by atoms with E-state index in [2.05, 4.69) is 5.32 Å². The fourth-order valence-electron chi connectivity index (χ4n) is 2.26. The van der Waals surface area contributed by atoms with Crippen molar-refractivity contribution in [2.75, 3.05) is 5.75 Å². The first kappa shape index (κ1) is 19.9. The number of carbonyl (C=O) groups is 2. The molecule has 26 heavy (non-hydrogen) atoms. The number of carboxylic acid groups (broad SMARTS) is 1. The van der Waals surface area contributed by atoms with E-state index in [9.17, 15) is 18.4 Å². The van der Waals surface area contributed by atoms with E-state index in [1.54, 1.807) is 19.1 Å². The SMILES string of the molecule is CC(CSc1ccc(F)cc1)C(=O)NC(CC(=O)O)c1ccc(F)cc1. The molecule has 2 aromatic carbocycles. The smallest absolute Gasteiger partial charge is 0.305 e. The number of hydrogen-bond donors (Lipinski definition) is 2. The van der Waals surface area contributed by atoms with Crippen LogP contribution in [0.25, 0.3) is 0 Å².